The highest BCUT2D eigenvalue weighted by Gasteiger charge is 2.32. The zero-order valence-electron chi connectivity index (χ0n) is 17.5. The van der Waals surface area contributed by atoms with E-state index in [9.17, 15) is 19.8 Å². The number of carbonyl (C=O) groups excluding carboxylic acids is 2. The van der Waals surface area contributed by atoms with Crippen LogP contribution in [0.1, 0.15) is 85.0 Å². The molecule has 0 atom stereocenters. The second-order valence-electron chi connectivity index (χ2n) is 7.94. The summed E-state index contributed by atoms with van der Waals surface area (Å²) in [6.45, 7) is 5.29. The average Bonchev–Trinajstić information content (AvgIpc) is 2.65. The van der Waals surface area contributed by atoms with Crippen LogP contribution in [0.3, 0.4) is 0 Å². The summed E-state index contributed by atoms with van der Waals surface area (Å²) in [7, 11) is 0. The molecule has 0 aromatic heterocycles. The van der Waals surface area contributed by atoms with E-state index in [1.54, 1.807) is 0 Å². The van der Waals surface area contributed by atoms with Gasteiger partial charge < -0.3 is 19.7 Å². The number of rotatable bonds is 17. The van der Waals surface area contributed by atoms with E-state index < -0.39 is 18.6 Å². The summed E-state index contributed by atoms with van der Waals surface area (Å²) < 4.78 is 10.4. The van der Waals surface area contributed by atoms with Crippen LogP contribution in [-0.4, -0.2) is 48.6 Å². The van der Waals surface area contributed by atoms with Crippen molar-refractivity contribution in [2.45, 2.75) is 85.0 Å². The van der Waals surface area contributed by atoms with Crippen LogP contribution in [0.2, 0.25) is 0 Å². The standard InChI is InChI=1S/C21H40O6/c1-4-5-6-9-12-19(24)26-16-21(14-22,15-23)17-27-20(25)13-10-7-8-11-18(2)3/h18,22-23H,4-17H2,1-3H3. The smallest absolute Gasteiger partial charge is 0.305 e. The van der Waals surface area contributed by atoms with Crippen molar-refractivity contribution in [2.24, 2.45) is 11.3 Å². The van der Waals surface area contributed by atoms with E-state index in [0.29, 0.717) is 18.8 Å². The first kappa shape index (κ1) is 25.9. The Hall–Kier alpha value is -1.14. The molecule has 0 rings (SSSR count). The summed E-state index contributed by atoms with van der Waals surface area (Å²) in [4.78, 5) is 23.6. The summed E-state index contributed by atoms with van der Waals surface area (Å²) in [6.07, 6.45) is 8.56. The van der Waals surface area contributed by atoms with E-state index in [-0.39, 0.29) is 25.2 Å². The van der Waals surface area contributed by atoms with Crippen LogP contribution >= 0.6 is 0 Å². The SMILES string of the molecule is CCCCCCC(=O)OCC(CO)(CO)COC(=O)CCCCCC(C)C. The van der Waals surface area contributed by atoms with Crippen LogP contribution in [0.5, 0.6) is 0 Å². The molecule has 0 aromatic rings. The zero-order chi connectivity index (χ0) is 20.5. The van der Waals surface area contributed by atoms with Gasteiger partial charge in [0.2, 0.25) is 0 Å². The molecule has 0 fully saturated rings. The fourth-order valence-corrected chi connectivity index (χ4v) is 2.58. The first-order valence-electron chi connectivity index (χ1n) is 10.4. The number of hydrogen-bond donors (Lipinski definition) is 2. The number of ether oxygens (including phenoxy) is 2. The van der Waals surface area contributed by atoms with Crippen LogP contribution in [0.25, 0.3) is 0 Å². The van der Waals surface area contributed by atoms with Crippen molar-refractivity contribution < 1.29 is 29.3 Å². The molecule has 0 unspecified atom stereocenters. The highest BCUT2D eigenvalue weighted by atomic mass is 16.5. The molecule has 0 saturated carbocycles. The van der Waals surface area contributed by atoms with Gasteiger partial charge in [-0.15, -0.1) is 0 Å². The van der Waals surface area contributed by atoms with Crippen LogP contribution < -0.4 is 0 Å². The third-order valence-electron chi connectivity index (χ3n) is 4.65. The summed E-state index contributed by atoms with van der Waals surface area (Å²) >= 11 is 0. The third kappa shape index (κ3) is 13.6. The molecule has 0 radical (unpaired) electrons. The lowest BCUT2D eigenvalue weighted by Crippen LogP contribution is -2.41. The lowest BCUT2D eigenvalue weighted by atomic mass is 9.92. The Balaban J connectivity index is 4.13. The molecular formula is C21H40O6. The van der Waals surface area contributed by atoms with E-state index in [4.69, 9.17) is 9.47 Å². The van der Waals surface area contributed by atoms with Crippen molar-refractivity contribution in [1.82, 2.24) is 0 Å². The normalized spacial score (nSPS) is 11.6. The van der Waals surface area contributed by atoms with E-state index in [1.165, 1.54) is 0 Å². The Bertz CT molecular complexity index is 390. The quantitative estimate of drug-likeness (QED) is 0.292. The molecule has 2 N–H and O–H groups in total. The molecule has 0 aliphatic heterocycles. The Morgan fingerprint density at radius 3 is 1.70 bits per heavy atom. The number of aliphatic hydroxyl groups excluding tert-OH is 2. The van der Waals surface area contributed by atoms with Crippen LogP contribution in [0, 0.1) is 11.3 Å². The third-order valence-corrected chi connectivity index (χ3v) is 4.65. The molecule has 0 heterocycles. The summed E-state index contributed by atoms with van der Waals surface area (Å²) in [5.41, 5.74) is -1.15. The Kier molecular flexibility index (Phi) is 15.2. The van der Waals surface area contributed by atoms with Gasteiger partial charge in [-0.1, -0.05) is 59.3 Å². The fraction of sp³-hybridized carbons (Fsp3) is 0.905. The molecule has 6 nitrogen and oxygen atoms in total. The molecule has 0 spiro atoms. The first-order valence-corrected chi connectivity index (χ1v) is 10.4. The van der Waals surface area contributed by atoms with E-state index >= 15 is 0 Å². The minimum absolute atomic E-state index is 0.158. The van der Waals surface area contributed by atoms with Crippen molar-refractivity contribution in [3.05, 3.63) is 0 Å². The zero-order valence-corrected chi connectivity index (χ0v) is 17.5. The highest BCUT2D eigenvalue weighted by Crippen LogP contribution is 2.19. The van der Waals surface area contributed by atoms with E-state index in [1.807, 2.05) is 0 Å². The maximum absolute atomic E-state index is 11.9. The van der Waals surface area contributed by atoms with Gasteiger partial charge in [0.05, 0.1) is 18.6 Å². The van der Waals surface area contributed by atoms with Gasteiger partial charge >= 0.3 is 11.9 Å². The molecule has 6 heteroatoms. The van der Waals surface area contributed by atoms with Crippen molar-refractivity contribution in [3.8, 4) is 0 Å². The maximum Gasteiger partial charge on any atom is 0.305 e. The lowest BCUT2D eigenvalue weighted by Gasteiger charge is -2.28. The summed E-state index contributed by atoms with van der Waals surface area (Å²) in [5.74, 6) is -0.0356. The van der Waals surface area contributed by atoms with Crippen molar-refractivity contribution in [2.75, 3.05) is 26.4 Å². The molecular weight excluding hydrogens is 348 g/mol. The Morgan fingerprint density at radius 1 is 0.815 bits per heavy atom. The number of aliphatic hydroxyl groups is 2. The predicted molar refractivity (Wildman–Crippen MR) is 105 cm³/mol. The highest BCUT2D eigenvalue weighted by molar-refractivity contribution is 5.69. The molecule has 0 aliphatic rings. The molecule has 160 valence electrons. The van der Waals surface area contributed by atoms with Crippen LogP contribution in [0.15, 0.2) is 0 Å². The predicted octanol–water partition coefficient (Wildman–Crippen LogP) is 3.62. The summed E-state index contributed by atoms with van der Waals surface area (Å²) in [6, 6.07) is 0. The molecule has 0 saturated heterocycles. The molecule has 0 aromatic carbocycles. The van der Waals surface area contributed by atoms with Gasteiger partial charge in [-0.05, 0) is 18.8 Å². The fourth-order valence-electron chi connectivity index (χ4n) is 2.58. The molecule has 27 heavy (non-hydrogen) atoms. The number of unbranched alkanes of at least 4 members (excludes halogenated alkanes) is 5. The number of hydrogen-bond acceptors (Lipinski definition) is 6. The topological polar surface area (TPSA) is 93.1 Å². The van der Waals surface area contributed by atoms with Crippen molar-refractivity contribution >= 4 is 11.9 Å². The molecule has 0 bridgehead atoms. The van der Waals surface area contributed by atoms with Gasteiger partial charge in [0.1, 0.15) is 13.2 Å². The Morgan fingerprint density at radius 2 is 1.30 bits per heavy atom. The van der Waals surface area contributed by atoms with Crippen molar-refractivity contribution in [3.63, 3.8) is 0 Å². The van der Waals surface area contributed by atoms with Gasteiger partial charge in [0.25, 0.3) is 0 Å². The van der Waals surface area contributed by atoms with E-state index in [0.717, 1.165) is 51.4 Å². The second kappa shape index (κ2) is 15.9. The first-order chi connectivity index (χ1) is 12.9. The minimum Gasteiger partial charge on any atom is -0.465 e. The van der Waals surface area contributed by atoms with Gasteiger partial charge in [-0.25, -0.2) is 0 Å². The van der Waals surface area contributed by atoms with Gasteiger partial charge in [-0.2, -0.15) is 0 Å². The second-order valence-corrected chi connectivity index (χ2v) is 7.94. The number of esters is 2. The van der Waals surface area contributed by atoms with E-state index in [2.05, 4.69) is 20.8 Å². The summed E-state index contributed by atoms with van der Waals surface area (Å²) in [5, 5.41) is 19.2. The van der Waals surface area contributed by atoms with Crippen LogP contribution in [0.4, 0.5) is 0 Å². The monoisotopic (exact) mass is 388 g/mol. The van der Waals surface area contributed by atoms with Crippen molar-refractivity contribution in [1.29, 1.82) is 0 Å². The van der Waals surface area contributed by atoms with Gasteiger partial charge in [0.15, 0.2) is 0 Å². The number of carbonyl (C=O) groups is 2. The lowest BCUT2D eigenvalue weighted by molar-refractivity contribution is -0.159. The molecule has 0 amide bonds. The molecule has 0 aliphatic carbocycles. The average molecular weight is 389 g/mol. The minimum atomic E-state index is -1.15. The Labute approximate surface area is 164 Å². The van der Waals surface area contributed by atoms with Gasteiger partial charge in [0, 0.05) is 12.8 Å². The maximum atomic E-state index is 11.9. The largest absolute Gasteiger partial charge is 0.465 e. The van der Waals surface area contributed by atoms with Crippen LogP contribution in [-0.2, 0) is 19.1 Å². The van der Waals surface area contributed by atoms with Gasteiger partial charge in [-0.3, -0.25) is 9.59 Å².